The molecule has 0 unspecified atom stereocenters. The van der Waals surface area contributed by atoms with Crippen LogP contribution in [0.5, 0.6) is 0 Å². The van der Waals surface area contributed by atoms with Gasteiger partial charge in [-0.25, -0.2) is 15.0 Å². The highest BCUT2D eigenvalue weighted by molar-refractivity contribution is 7.59. The Kier molecular flexibility index (Phi) is 4.16. The number of aryl methyl sites for hydroxylation is 2. The summed E-state index contributed by atoms with van der Waals surface area (Å²) in [5.41, 5.74) is 1.42. The SMILES string of the molecule is O=P(O)(O)c1nc2cnc(-c3ccco3)nc2n1CCc1ccccc1. The van der Waals surface area contributed by atoms with Crippen LogP contribution in [0.3, 0.4) is 0 Å². The first kappa shape index (κ1) is 16.7. The molecule has 0 aliphatic rings. The van der Waals surface area contributed by atoms with Crippen LogP contribution in [0.15, 0.2) is 59.3 Å². The molecule has 1 aromatic carbocycles. The minimum atomic E-state index is -4.56. The quantitative estimate of drug-likeness (QED) is 0.517. The van der Waals surface area contributed by atoms with E-state index in [0.29, 0.717) is 35.7 Å². The fourth-order valence-corrected chi connectivity index (χ4v) is 3.49. The maximum atomic E-state index is 11.9. The average Bonchev–Trinajstić information content (AvgIpc) is 3.28. The Morgan fingerprint density at radius 1 is 1.08 bits per heavy atom. The second-order valence-corrected chi connectivity index (χ2v) is 7.21. The van der Waals surface area contributed by atoms with E-state index in [1.165, 1.54) is 17.0 Å². The summed E-state index contributed by atoms with van der Waals surface area (Å²) in [6.07, 6.45) is 3.54. The highest BCUT2D eigenvalue weighted by Crippen LogP contribution is 2.34. The summed E-state index contributed by atoms with van der Waals surface area (Å²) < 4.78 is 18.7. The van der Waals surface area contributed by atoms with E-state index in [0.717, 1.165) is 5.56 Å². The molecular weight excluding hydrogens is 355 g/mol. The molecule has 3 aromatic heterocycles. The molecule has 0 saturated heterocycles. The molecule has 0 atom stereocenters. The first-order valence-electron chi connectivity index (χ1n) is 7.89. The lowest BCUT2D eigenvalue weighted by atomic mass is 10.1. The van der Waals surface area contributed by atoms with Crippen molar-refractivity contribution in [2.45, 2.75) is 13.0 Å². The molecule has 0 radical (unpaired) electrons. The highest BCUT2D eigenvalue weighted by Gasteiger charge is 2.27. The Labute approximate surface area is 148 Å². The normalized spacial score (nSPS) is 11.9. The van der Waals surface area contributed by atoms with Gasteiger partial charge < -0.3 is 18.8 Å². The van der Waals surface area contributed by atoms with Crippen molar-refractivity contribution >= 4 is 24.3 Å². The standard InChI is InChI=1S/C17H15N4O4P/c22-26(23,24)17-19-13-11-18-15(14-7-4-10-25-14)20-16(13)21(17)9-8-12-5-2-1-3-6-12/h1-7,10-11H,8-9H2,(H2,22,23,24). The molecule has 9 heteroatoms. The molecule has 0 spiro atoms. The van der Waals surface area contributed by atoms with E-state index in [-0.39, 0.29) is 5.57 Å². The van der Waals surface area contributed by atoms with Crippen molar-refractivity contribution in [3.63, 3.8) is 0 Å². The first-order chi connectivity index (χ1) is 12.5. The lowest BCUT2D eigenvalue weighted by molar-refractivity contribution is 0.383. The predicted octanol–water partition coefficient (Wildman–Crippen LogP) is 2.13. The molecule has 0 aliphatic heterocycles. The number of imidazole rings is 1. The van der Waals surface area contributed by atoms with E-state index in [1.54, 1.807) is 12.1 Å². The van der Waals surface area contributed by atoms with Crippen LogP contribution in [0, 0.1) is 0 Å². The zero-order valence-corrected chi connectivity index (χ0v) is 14.5. The van der Waals surface area contributed by atoms with Crippen LogP contribution in [0.2, 0.25) is 0 Å². The number of hydrogen-bond donors (Lipinski definition) is 2. The topological polar surface area (TPSA) is 114 Å². The van der Waals surface area contributed by atoms with Crippen molar-refractivity contribution in [1.82, 2.24) is 19.5 Å². The number of nitrogens with zero attached hydrogens (tertiary/aromatic N) is 4. The van der Waals surface area contributed by atoms with Gasteiger partial charge in [0.25, 0.3) is 0 Å². The predicted molar refractivity (Wildman–Crippen MR) is 94.8 cm³/mol. The maximum Gasteiger partial charge on any atom is 0.391 e. The molecule has 0 saturated carbocycles. The van der Waals surface area contributed by atoms with Gasteiger partial charge in [-0.3, -0.25) is 4.57 Å². The molecular formula is C17H15N4O4P. The van der Waals surface area contributed by atoms with Gasteiger partial charge in [0.1, 0.15) is 5.52 Å². The van der Waals surface area contributed by atoms with Crippen molar-refractivity contribution < 1.29 is 18.8 Å². The van der Waals surface area contributed by atoms with Crippen molar-refractivity contribution in [1.29, 1.82) is 0 Å². The summed E-state index contributed by atoms with van der Waals surface area (Å²) >= 11 is 0. The lowest BCUT2D eigenvalue weighted by Gasteiger charge is -2.09. The Balaban J connectivity index is 1.81. The number of fused-ring (bicyclic) bond motifs is 1. The van der Waals surface area contributed by atoms with Gasteiger partial charge in [0, 0.05) is 6.54 Å². The van der Waals surface area contributed by atoms with Crippen LogP contribution in [-0.4, -0.2) is 29.3 Å². The van der Waals surface area contributed by atoms with Gasteiger partial charge in [0.05, 0.1) is 12.5 Å². The number of benzene rings is 1. The number of hydrogen-bond acceptors (Lipinski definition) is 5. The van der Waals surface area contributed by atoms with Gasteiger partial charge in [0.15, 0.2) is 17.2 Å². The van der Waals surface area contributed by atoms with E-state index in [2.05, 4.69) is 15.0 Å². The summed E-state index contributed by atoms with van der Waals surface area (Å²) in [6.45, 7) is 0.329. The monoisotopic (exact) mass is 370 g/mol. The Bertz CT molecular complexity index is 1090. The summed E-state index contributed by atoms with van der Waals surface area (Å²) in [7, 11) is -4.56. The average molecular weight is 370 g/mol. The molecule has 4 aromatic rings. The van der Waals surface area contributed by atoms with E-state index in [9.17, 15) is 14.4 Å². The van der Waals surface area contributed by atoms with Crippen LogP contribution >= 0.6 is 7.60 Å². The Hall–Kier alpha value is -2.80. The van der Waals surface area contributed by atoms with Crippen molar-refractivity contribution in [2.75, 3.05) is 0 Å². The van der Waals surface area contributed by atoms with E-state index in [4.69, 9.17) is 4.42 Å². The van der Waals surface area contributed by atoms with Gasteiger partial charge in [-0.15, -0.1) is 0 Å². The maximum absolute atomic E-state index is 11.9. The molecule has 8 nitrogen and oxygen atoms in total. The van der Waals surface area contributed by atoms with Crippen LogP contribution < -0.4 is 5.57 Å². The fourth-order valence-electron chi connectivity index (χ4n) is 2.75. The van der Waals surface area contributed by atoms with Crippen LogP contribution in [-0.2, 0) is 17.5 Å². The fraction of sp³-hybridized carbons (Fsp3) is 0.118. The van der Waals surface area contributed by atoms with E-state index in [1.807, 2.05) is 30.3 Å². The van der Waals surface area contributed by atoms with Gasteiger partial charge >= 0.3 is 7.60 Å². The van der Waals surface area contributed by atoms with Gasteiger partial charge in [-0.2, -0.15) is 0 Å². The highest BCUT2D eigenvalue weighted by atomic mass is 31.2. The Morgan fingerprint density at radius 2 is 1.88 bits per heavy atom. The number of aromatic nitrogens is 4. The summed E-state index contributed by atoms with van der Waals surface area (Å²) in [6, 6.07) is 13.1. The van der Waals surface area contributed by atoms with Crippen LogP contribution in [0.1, 0.15) is 5.56 Å². The molecule has 132 valence electrons. The van der Waals surface area contributed by atoms with Gasteiger partial charge in [-0.05, 0) is 24.1 Å². The molecule has 4 rings (SSSR count). The van der Waals surface area contributed by atoms with Crippen molar-refractivity contribution in [2.24, 2.45) is 0 Å². The molecule has 0 bridgehead atoms. The summed E-state index contributed by atoms with van der Waals surface area (Å²) in [4.78, 5) is 32.0. The Morgan fingerprint density at radius 3 is 2.58 bits per heavy atom. The van der Waals surface area contributed by atoms with Crippen LogP contribution in [0.25, 0.3) is 22.7 Å². The van der Waals surface area contributed by atoms with E-state index >= 15 is 0 Å². The van der Waals surface area contributed by atoms with Gasteiger partial charge in [0.2, 0.25) is 5.57 Å². The molecule has 3 heterocycles. The van der Waals surface area contributed by atoms with Gasteiger partial charge in [-0.1, -0.05) is 30.3 Å². The third kappa shape index (κ3) is 3.17. The minimum Gasteiger partial charge on any atom is -0.461 e. The van der Waals surface area contributed by atoms with Crippen molar-refractivity contribution in [3.05, 3.63) is 60.5 Å². The molecule has 26 heavy (non-hydrogen) atoms. The zero-order chi connectivity index (χ0) is 18.1. The summed E-state index contributed by atoms with van der Waals surface area (Å²) in [5.74, 6) is 0.807. The lowest BCUT2D eigenvalue weighted by Crippen LogP contribution is -2.20. The zero-order valence-electron chi connectivity index (χ0n) is 13.6. The molecule has 0 fully saturated rings. The largest absolute Gasteiger partial charge is 0.461 e. The third-order valence-electron chi connectivity index (χ3n) is 3.94. The first-order valence-corrected chi connectivity index (χ1v) is 9.51. The molecule has 0 amide bonds. The van der Waals surface area contributed by atoms with E-state index < -0.39 is 7.60 Å². The number of rotatable bonds is 5. The third-order valence-corrected chi connectivity index (χ3v) is 4.80. The minimum absolute atomic E-state index is 0.311. The van der Waals surface area contributed by atoms with Crippen molar-refractivity contribution in [3.8, 4) is 11.6 Å². The second-order valence-electron chi connectivity index (χ2n) is 5.72. The van der Waals surface area contributed by atoms with Crippen LogP contribution in [0.4, 0.5) is 0 Å². The second kappa shape index (κ2) is 6.49. The number of furan rings is 1. The molecule has 2 N–H and O–H groups in total. The smallest absolute Gasteiger partial charge is 0.391 e. The molecule has 0 aliphatic carbocycles. The summed E-state index contributed by atoms with van der Waals surface area (Å²) in [5, 5.41) is 0.